The van der Waals surface area contributed by atoms with Crippen molar-refractivity contribution in [1.29, 1.82) is 5.26 Å². The van der Waals surface area contributed by atoms with Crippen molar-refractivity contribution in [2.45, 2.75) is 18.8 Å². The number of hydrogen-bond donors (Lipinski definition) is 0. The molecule has 1 aliphatic rings. The van der Waals surface area contributed by atoms with Crippen LogP contribution in [0.3, 0.4) is 0 Å². The first-order valence-corrected chi connectivity index (χ1v) is 4.94. The van der Waals surface area contributed by atoms with Gasteiger partial charge in [-0.2, -0.15) is 5.26 Å². The van der Waals surface area contributed by atoms with E-state index in [1.807, 2.05) is 18.2 Å². The molecule has 2 rings (SSSR count). The molecule has 1 aromatic rings. The molecule has 1 unspecified atom stereocenters. The highest BCUT2D eigenvalue weighted by Crippen LogP contribution is 2.27. The maximum Gasteiger partial charge on any atom is 0.0669 e. The first-order chi connectivity index (χ1) is 6.92. The monoisotopic (exact) mass is 187 g/mol. The van der Waals surface area contributed by atoms with E-state index < -0.39 is 0 Å². The minimum Gasteiger partial charge on any atom is -0.381 e. The van der Waals surface area contributed by atoms with Crippen LogP contribution in [0.1, 0.15) is 23.5 Å². The molecule has 0 N–H and O–H groups in total. The molecule has 0 radical (unpaired) electrons. The van der Waals surface area contributed by atoms with Gasteiger partial charge in [0.2, 0.25) is 0 Å². The van der Waals surface area contributed by atoms with E-state index in [1.165, 1.54) is 5.56 Å². The summed E-state index contributed by atoms with van der Waals surface area (Å²) in [6.07, 6.45) is 1.59. The van der Waals surface area contributed by atoms with Gasteiger partial charge in [0.15, 0.2) is 0 Å². The van der Waals surface area contributed by atoms with E-state index in [0.717, 1.165) is 25.2 Å². The predicted octanol–water partition coefficient (Wildman–Crippen LogP) is 2.26. The Hall–Kier alpha value is -1.33. The molecular formula is C12H13NO. The second kappa shape index (κ2) is 4.26. The van der Waals surface area contributed by atoms with Gasteiger partial charge in [-0.25, -0.2) is 0 Å². The Kier molecular flexibility index (Phi) is 2.81. The van der Waals surface area contributed by atoms with Crippen LogP contribution in [0.15, 0.2) is 24.3 Å². The Bertz CT molecular complexity index is 348. The zero-order valence-corrected chi connectivity index (χ0v) is 8.07. The highest BCUT2D eigenvalue weighted by Gasteiger charge is 2.19. The van der Waals surface area contributed by atoms with E-state index in [-0.39, 0.29) is 0 Å². The molecule has 1 saturated heterocycles. The van der Waals surface area contributed by atoms with Crippen LogP contribution in [0, 0.1) is 11.3 Å². The minimum atomic E-state index is 0.500. The molecule has 2 heteroatoms. The zero-order chi connectivity index (χ0) is 9.80. The van der Waals surface area contributed by atoms with Crippen molar-refractivity contribution in [3.05, 3.63) is 35.4 Å². The van der Waals surface area contributed by atoms with Crippen LogP contribution in [-0.4, -0.2) is 13.2 Å². The molecular weight excluding hydrogens is 174 g/mol. The molecule has 14 heavy (non-hydrogen) atoms. The predicted molar refractivity (Wildman–Crippen MR) is 53.9 cm³/mol. The van der Waals surface area contributed by atoms with Gasteiger partial charge < -0.3 is 4.74 Å². The van der Waals surface area contributed by atoms with Crippen molar-refractivity contribution < 1.29 is 4.74 Å². The lowest BCUT2D eigenvalue weighted by molar-refractivity contribution is 0.194. The van der Waals surface area contributed by atoms with E-state index in [2.05, 4.69) is 12.1 Å². The first-order valence-electron chi connectivity index (χ1n) is 4.94. The van der Waals surface area contributed by atoms with Crippen LogP contribution < -0.4 is 0 Å². The molecule has 0 spiro atoms. The number of nitriles is 1. The van der Waals surface area contributed by atoms with Crippen molar-refractivity contribution in [2.75, 3.05) is 13.2 Å². The van der Waals surface area contributed by atoms with Crippen molar-refractivity contribution in [2.24, 2.45) is 0 Å². The summed E-state index contributed by atoms with van der Waals surface area (Å²) in [5, 5.41) is 8.71. The SMILES string of the molecule is N#CCc1ccccc1C1CCOC1. The summed E-state index contributed by atoms with van der Waals surface area (Å²) < 4.78 is 5.36. The largest absolute Gasteiger partial charge is 0.381 e. The van der Waals surface area contributed by atoms with Crippen LogP contribution in [0.25, 0.3) is 0 Å². The van der Waals surface area contributed by atoms with E-state index >= 15 is 0 Å². The first kappa shape index (κ1) is 9.23. The van der Waals surface area contributed by atoms with Crippen LogP contribution in [0.4, 0.5) is 0 Å². The fourth-order valence-electron chi connectivity index (χ4n) is 1.96. The van der Waals surface area contributed by atoms with E-state index in [0.29, 0.717) is 12.3 Å². The molecule has 2 nitrogen and oxygen atoms in total. The van der Waals surface area contributed by atoms with Crippen molar-refractivity contribution in [3.63, 3.8) is 0 Å². The molecule has 1 atom stereocenters. The van der Waals surface area contributed by atoms with Gasteiger partial charge >= 0.3 is 0 Å². The third kappa shape index (κ3) is 1.78. The third-order valence-corrected chi connectivity index (χ3v) is 2.69. The number of benzene rings is 1. The maximum absolute atomic E-state index is 8.71. The highest BCUT2D eigenvalue weighted by atomic mass is 16.5. The molecule has 1 aromatic carbocycles. The van der Waals surface area contributed by atoms with Gasteiger partial charge in [-0.3, -0.25) is 0 Å². The van der Waals surface area contributed by atoms with E-state index in [1.54, 1.807) is 0 Å². The van der Waals surface area contributed by atoms with E-state index in [4.69, 9.17) is 10.00 Å². The smallest absolute Gasteiger partial charge is 0.0669 e. The molecule has 0 amide bonds. The lowest BCUT2D eigenvalue weighted by Gasteiger charge is -2.11. The van der Waals surface area contributed by atoms with Crippen molar-refractivity contribution in [3.8, 4) is 6.07 Å². The Balaban J connectivity index is 2.26. The average molecular weight is 187 g/mol. The van der Waals surface area contributed by atoms with Crippen LogP contribution in [-0.2, 0) is 11.2 Å². The Morgan fingerprint density at radius 3 is 3.00 bits per heavy atom. The molecule has 0 aliphatic carbocycles. The third-order valence-electron chi connectivity index (χ3n) is 2.69. The Morgan fingerprint density at radius 2 is 2.29 bits per heavy atom. The summed E-state index contributed by atoms with van der Waals surface area (Å²) in [7, 11) is 0. The summed E-state index contributed by atoms with van der Waals surface area (Å²) in [6.45, 7) is 1.66. The summed E-state index contributed by atoms with van der Waals surface area (Å²) in [6, 6.07) is 10.4. The van der Waals surface area contributed by atoms with Gasteiger partial charge in [-0.15, -0.1) is 0 Å². The summed E-state index contributed by atoms with van der Waals surface area (Å²) in [4.78, 5) is 0. The fourth-order valence-corrected chi connectivity index (χ4v) is 1.96. The zero-order valence-electron chi connectivity index (χ0n) is 8.07. The van der Waals surface area contributed by atoms with Gasteiger partial charge in [0.05, 0.1) is 19.1 Å². The molecule has 0 bridgehead atoms. The van der Waals surface area contributed by atoms with Crippen LogP contribution >= 0.6 is 0 Å². The van der Waals surface area contributed by atoms with Crippen LogP contribution in [0.2, 0.25) is 0 Å². The van der Waals surface area contributed by atoms with Gasteiger partial charge in [0.1, 0.15) is 0 Å². The minimum absolute atomic E-state index is 0.500. The summed E-state index contributed by atoms with van der Waals surface area (Å²) in [5.74, 6) is 0.500. The molecule has 1 fully saturated rings. The number of nitrogens with zero attached hydrogens (tertiary/aromatic N) is 1. The number of rotatable bonds is 2. The molecule has 1 aliphatic heterocycles. The van der Waals surface area contributed by atoms with Gasteiger partial charge in [-0.05, 0) is 17.5 Å². The Labute approximate surface area is 84.1 Å². The lowest BCUT2D eigenvalue weighted by atomic mass is 9.92. The number of hydrogen-bond acceptors (Lipinski definition) is 2. The molecule has 0 aromatic heterocycles. The molecule has 0 saturated carbocycles. The topological polar surface area (TPSA) is 33.0 Å². The lowest BCUT2D eigenvalue weighted by Crippen LogP contribution is -2.01. The molecule has 1 heterocycles. The van der Waals surface area contributed by atoms with Gasteiger partial charge in [0.25, 0.3) is 0 Å². The van der Waals surface area contributed by atoms with Gasteiger partial charge in [-0.1, -0.05) is 24.3 Å². The summed E-state index contributed by atoms with van der Waals surface area (Å²) in [5.41, 5.74) is 2.46. The van der Waals surface area contributed by atoms with Crippen molar-refractivity contribution in [1.82, 2.24) is 0 Å². The van der Waals surface area contributed by atoms with Gasteiger partial charge in [0, 0.05) is 12.5 Å². The fraction of sp³-hybridized carbons (Fsp3) is 0.417. The van der Waals surface area contributed by atoms with Crippen molar-refractivity contribution >= 4 is 0 Å². The molecule has 72 valence electrons. The Morgan fingerprint density at radius 1 is 1.43 bits per heavy atom. The normalized spacial score (nSPS) is 20.6. The standard InChI is InChI=1S/C12H13NO/c13-7-5-10-3-1-2-4-12(10)11-6-8-14-9-11/h1-4,11H,5-6,8-9H2. The highest BCUT2D eigenvalue weighted by molar-refractivity contribution is 5.32. The average Bonchev–Trinajstić information content (AvgIpc) is 2.72. The second-order valence-corrected chi connectivity index (χ2v) is 3.59. The van der Waals surface area contributed by atoms with E-state index in [9.17, 15) is 0 Å². The maximum atomic E-state index is 8.71. The summed E-state index contributed by atoms with van der Waals surface area (Å²) >= 11 is 0. The quantitative estimate of drug-likeness (QED) is 0.711. The van der Waals surface area contributed by atoms with Crippen LogP contribution in [0.5, 0.6) is 0 Å². The second-order valence-electron chi connectivity index (χ2n) is 3.59. The number of ether oxygens (including phenoxy) is 1.